The molecule has 1 atom stereocenters. The van der Waals surface area contributed by atoms with E-state index in [0.29, 0.717) is 22.8 Å². The Morgan fingerprint density at radius 1 is 1.21 bits per heavy atom. The summed E-state index contributed by atoms with van der Waals surface area (Å²) in [6.45, 7) is 2.56. The smallest absolute Gasteiger partial charge is 0.331 e. The van der Waals surface area contributed by atoms with E-state index in [1.807, 2.05) is 0 Å². The Balaban J connectivity index is 1.39. The van der Waals surface area contributed by atoms with Gasteiger partial charge in [0, 0.05) is 11.6 Å². The van der Waals surface area contributed by atoms with Gasteiger partial charge in [0.15, 0.2) is 6.61 Å². The Hall–Kier alpha value is -4.06. The number of hydrogen-bond acceptors (Lipinski definition) is 7. The van der Waals surface area contributed by atoms with Crippen LogP contribution in [0.5, 0.6) is 0 Å². The van der Waals surface area contributed by atoms with Crippen molar-refractivity contribution in [1.29, 1.82) is 0 Å². The molecule has 0 radical (unpaired) electrons. The number of aromatic nitrogens is 2. The summed E-state index contributed by atoms with van der Waals surface area (Å²) in [5, 5.41) is 6.87. The normalized spacial score (nSPS) is 15.9. The molecule has 0 unspecified atom stereocenters. The molecule has 34 heavy (non-hydrogen) atoms. The first-order chi connectivity index (χ1) is 16.1. The monoisotopic (exact) mass is 485 g/mol. The van der Waals surface area contributed by atoms with E-state index in [9.17, 15) is 22.4 Å². The van der Waals surface area contributed by atoms with Crippen molar-refractivity contribution in [3.63, 3.8) is 0 Å². The fourth-order valence-electron chi connectivity index (χ4n) is 3.28. The molecule has 10 nitrogen and oxygen atoms in total. The lowest BCUT2D eigenvalue weighted by Gasteiger charge is -2.11. The van der Waals surface area contributed by atoms with E-state index in [0.717, 1.165) is 0 Å². The first kappa shape index (κ1) is 23.1. The van der Waals surface area contributed by atoms with E-state index in [2.05, 4.69) is 20.1 Å². The third kappa shape index (κ3) is 4.81. The van der Waals surface area contributed by atoms with Gasteiger partial charge < -0.3 is 10.1 Å². The highest BCUT2D eigenvalue weighted by atomic mass is 32.2. The van der Waals surface area contributed by atoms with Crippen molar-refractivity contribution >= 4 is 33.6 Å². The van der Waals surface area contributed by atoms with Crippen molar-refractivity contribution in [2.45, 2.75) is 24.8 Å². The number of halogens is 1. The number of carbonyl (C=O) groups is 2. The molecule has 2 N–H and O–H groups in total. The van der Waals surface area contributed by atoms with Crippen LogP contribution in [0.2, 0.25) is 0 Å². The number of carbonyl (C=O) groups excluding carboxylic acids is 2. The molecule has 0 bridgehead atoms. The van der Waals surface area contributed by atoms with Crippen LogP contribution in [0.1, 0.15) is 18.2 Å². The average molecular weight is 485 g/mol. The first-order valence-electron chi connectivity index (χ1n) is 10.1. The van der Waals surface area contributed by atoms with Crippen LogP contribution in [0, 0.1) is 12.7 Å². The van der Waals surface area contributed by atoms with E-state index in [-0.39, 0.29) is 10.7 Å². The van der Waals surface area contributed by atoms with Crippen LogP contribution in [0.4, 0.5) is 10.2 Å². The number of nitrogens with one attached hydrogen (secondary N) is 2. The molecule has 0 aliphatic carbocycles. The van der Waals surface area contributed by atoms with Gasteiger partial charge in [0.05, 0.1) is 16.3 Å². The number of fused-ring (bicyclic) bond motifs is 1. The number of nitrogens with zero attached hydrogens (tertiary/aromatic N) is 3. The van der Waals surface area contributed by atoms with E-state index < -0.39 is 40.4 Å². The number of hydrogen-bond donors (Lipinski definition) is 2. The number of aryl methyl sites for hydroxylation is 1. The minimum Gasteiger partial charge on any atom is -0.454 e. The molecule has 1 aromatic heterocycles. The first-order valence-corrected chi connectivity index (χ1v) is 11.6. The molecule has 4 rings (SSSR count). The molecule has 2 aromatic carbocycles. The number of amidine groups is 1. The largest absolute Gasteiger partial charge is 0.454 e. The van der Waals surface area contributed by atoms with Gasteiger partial charge in [-0.3, -0.25) is 14.5 Å². The molecule has 1 aliphatic rings. The molecule has 0 saturated carbocycles. The third-order valence-electron chi connectivity index (χ3n) is 4.84. The molecule has 176 valence electrons. The highest BCUT2D eigenvalue weighted by Crippen LogP contribution is 2.22. The maximum Gasteiger partial charge on any atom is 0.331 e. The van der Waals surface area contributed by atoms with Crippen LogP contribution in [0.25, 0.3) is 5.69 Å². The minimum absolute atomic E-state index is 0.0307. The Kier molecular flexibility index (Phi) is 6.16. The Morgan fingerprint density at radius 2 is 1.91 bits per heavy atom. The third-order valence-corrected chi connectivity index (χ3v) is 6.24. The van der Waals surface area contributed by atoms with Gasteiger partial charge in [-0.1, -0.05) is 12.1 Å². The zero-order chi connectivity index (χ0) is 24.5. The summed E-state index contributed by atoms with van der Waals surface area (Å²) in [6, 6.07) is 12.3. The number of anilines is 1. The average Bonchev–Trinajstić information content (AvgIpc) is 3.28. The van der Waals surface area contributed by atoms with Crippen molar-refractivity contribution < 1.29 is 27.1 Å². The molecular weight excluding hydrogens is 465 g/mol. The molecule has 2 heterocycles. The highest BCUT2D eigenvalue weighted by molar-refractivity contribution is 7.90. The maximum atomic E-state index is 13.2. The summed E-state index contributed by atoms with van der Waals surface area (Å²) in [5.41, 5.74) is 1.50. The SMILES string of the molecule is Cc1cc(NC(=O)COC(=O)[C@H](C)N=C2NS(=O)(=O)c3ccccc32)n(-c2ccc(F)cc2)n1. The second-order valence-corrected chi connectivity index (χ2v) is 9.12. The topological polar surface area (TPSA) is 132 Å². The van der Waals surface area contributed by atoms with Crippen LogP contribution in [-0.2, 0) is 24.3 Å². The molecule has 1 amide bonds. The van der Waals surface area contributed by atoms with Crippen LogP contribution < -0.4 is 10.0 Å². The number of amides is 1. The summed E-state index contributed by atoms with van der Waals surface area (Å²) < 4.78 is 46.3. The van der Waals surface area contributed by atoms with Crippen LogP contribution in [0.3, 0.4) is 0 Å². The summed E-state index contributed by atoms with van der Waals surface area (Å²) in [4.78, 5) is 28.9. The molecule has 12 heteroatoms. The van der Waals surface area contributed by atoms with E-state index in [1.165, 1.54) is 41.9 Å². The van der Waals surface area contributed by atoms with E-state index in [4.69, 9.17) is 4.74 Å². The predicted octanol–water partition coefficient (Wildman–Crippen LogP) is 1.93. The van der Waals surface area contributed by atoms with Gasteiger partial charge in [-0.15, -0.1) is 0 Å². The number of benzene rings is 2. The highest BCUT2D eigenvalue weighted by Gasteiger charge is 2.31. The Bertz CT molecular complexity index is 1400. The minimum atomic E-state index is -3.74. The van der Waals surface area contributed by atoms with Gasteiger partial charge in [-0.05, 0) is 50.2 Å². The number of rotatable bonds is 6. The molecule has 0 fully saturated rings. The quantitative estimate of drug-likeness (QED) is 0.513. The van der Waals surface area contributed by atoms with Gasteiger partial charge in [-0.25, -0.2) is 22.3 Å². The van der Waals surface area contributed by atoms with Crippen molar-refractivity contribution in [3.8, 4) is 5.69 Å². The standard InChI is InChI=1S/C22H20FN5O5S/c1-13-11-19(28(26-13)16-9-7-15(23)8-10-16)25-20(29)12-33-22(30)14(2)24-21-17-5-3-4-6-18(17)34(31,32)27-21/h3-11,14H,12H2,1-2H3,(H,24,27)(H,25,29)/t14-/m0/s1. The fraction of sp³-hybridized carbons (Fsp3) is 0.182. The van der Waals surface area contributed by atoms with Gasteiger partial charge >= 0.3 is 5.97 Å². The molecule has 0 spiro atoms. The number of esters is 1. The van der Waals surface area contributed by atoms with Gasteiger partial charge in [0.1, 0.15) is 23.5 Å². The molecule has 1 aliphatic heterocycles. The second-order valence-electron chi connectivity index (χ2n) is 7.47. The Morgan fingerprint density at radius 3 is 2.65 bits per heavy atom. The zero-order valence-electron chi connectivity index (χ0n) is 18.1. The molecular formula is C22H20FN5O5S. The van der Waals surface area contributed by atoms with Crippen molar-refractivity contribution in [1.82, 2.24) is 14.5 Å². The van der Waals surface area contributed by atoms with Gasteiger partial charge in [0.2, 0.25) is 0 Å². The van der Waals surface area contributed by atoms with Crippen LogP contribution in [-0.4, -0.2) is 48.6 Å². The van der Waals surface area contributed by atoms with E-state index in [1.54, 1.807) is 31.2 Å². The van der Waals surface area contributed by atoms with Gasteiger partial charge in [0.25, 0.3) is 15.9 Å². The second kappa shape index (κ2) is 9.06. The number of sulfonamides is 1. The number of aliphatic imine (C=N–C) groups is 1. The lowest BCUT2D eigenvalue weighted by molar-refractivity contribution is -0.148. The zero-order valence-corrected chi connectivity index (χ0v) is 19.0. The molecule has 0 saturated heterocycles. The lowest BCUT2D eigenvalue weighted by Crippen LogP contribution is -2.29. The predicted molar refractivity (Wildman–Crippen MR) is 121 cm³/mol. The van der Waals surface area contributed by atoms with Crippen molar-refractivity contribution in [2.75, 3.05) is 11.9 Å². The number of ether oxygens (including phenoxy) is 1. The van der Waals surface area contributed by atoms with Gasteiger partial charge in [-0.2, -0.15) is 5.10 Å². The summed E-state index contributed by atoms with van der Waals surface area (Å²) in [7, 11) is -3.74. The van der Waals surface area contributed by atoms with Crippen molar-refractivity contribution in [3.05, 3.63) is 71.7 Å². The van der Waals surface area contributed by atoms with Crippen LogP contribution in [0.15, 0.2) is 64.5 Å². The van der Waals surface area contributed by atoms with Crippen molar-refractivity contribution in [2.24, 2.45) is 4.99 Å². The summed E-state index contributed by atoms with van der Waals surface area (Å²) in [5.74, 6) is -1.49. The summed E-state index contributed by atoms with van der Waals surface area (Å²) >= 11 is 0. The Labute approximate surface area is 194 Å². The van der Waals surface area contributed by atoms with E-state index >= 15 is 0 Å². The van der Waals surface area contributed by atoms with Crippen LogP contribution >= 0.6 is 0 Å². The lowest BCUT2D eigenvalue weighted by atomic mass is 10.2. The molecule has 3 aromatic rings. The summed E-state index contributed by atoms with van der Waals surface area (Å²) in [6.07, 6.45) is 0. The maximum absolute atomic E-state index is 13.2. The fourth-order valence-corrected chi connectivity index (χ4v) is 4.52.